The Hall–Kier alpha value is -0.911. The number of rotatable bonds is 3. The first kappa shape index (κ1) is 14.5. The van der Waals surface area contributed by atoms with Gasteiger partial charge in [-0.25, -0.2) is 0 Å². The van der Waals surface area contributed by atoms with E-state index in [4.69, 9.17) is 0 Å². The number of nitrogens with zero attached hydrogens (tertiary/aromatic N) is 3. The Balaban J connectivity index is 2.55. The standard InChI is InChI=1S/C11H11FN3.3CH3.Sn/c1-8-3-5-10(6-4-8)15-7-11(9(2)12)13-14-15;;;;/h3-5,7,9H,1-2H3;3*1H3;. The second kappa shape index (κ2) is 5.23. The van der Waals surface area contributed by atoms with Gasteiger partial charge < -0.3 is 0 Å². The first-order valence-corrected chi connectivity index (χ1v) is 16.5. The van der Waals surface area contributed by atoms with E-state index in [-0.39, 0.29) is 0 Å². The number of benzene rings is 1. The van der Waals surface area contributed by atoms with Crippen LogP contribution in [-0.2, 0) is 0 Å². The zero-order valence-corrected chi connectivity index (χ0v) is 15.0. The van der Waals surface area contributed by atoms with Crippen molar-refractivity contribution < 1.29 is 4.39 Å². The Labute approximate surface area is 117 Å². The van der Waals surface area contributed by atoms with Gasteiger partial charge in [-0.2, -0.15) is 0 Å². The molecule has 0 N–H and O–H groups in total. The summed E-state index contributed by atoms with van der Waals surface area (Å²) in [4.78, 5) is 7.09. The average molecular weight is 368 g/mol. The van der Waals surface area contributed by atoms with Gasteiger partial charge in [0.25, 0.3) is 0 Å². The number of hydrogen-bond donors (Lipinski definition) is 0. The van der Waals surface area contributed by atoms with Crippen LogP contribution in [0.2, 0.25) is 14.8 Å². The minimum absolute atomic E-state index is 0.385. The van der Waals surface area contributed by atoms with Crippen LogP contribution in [0.15, 0.2) is 24.4 Å². The fourth-order valence-corrected chi connectivity index (χ4v) is 6.67. The second-order valence-electron chi connectivity index (χ2n) is 5.97. The number of halogens is 1. The molecule has 0 saturated carbocycles. The predicted octanol–water partition coefficient (Wildman–Crippen LogP) is 3.15. The molecule has 2 rings (SSSR count). The van der Waals surface area contributed by atoms with Crippen LogP contribution in [0.1, 0.15) is 24.4 Å². The number of alkyl halides is 1. The summed E-state index contributed by atoms with van der Waals surface area (Å²) in [6.07, 6.45) is 0.608. The second-order valence-corrected chi connectivity index (χ2v) is 20.4. The number of aryl methyl sites for hydroxylation is 1. The Morgan fingerprint density at radius 2 is 1.95 bits per heavy atom. The third kappa shape index (κ3) is 3.16. The topological polar surface area (TPSA) is 30.7 Å². The van der Waals surface area contributed by atoms with Gasteiger partial charge in [-0.1, -0.05) is 0 Å². The first-order chi connectivity index (χ1) is 8.79. The summed E-state index contributed by atoms with van der Waals surface area (Å²) < 4.78 is 16.4. The molecule has 5 heteroatoms. The summed E-state index contributed by atoms with van der Waals surface area (Å²) in [6.45, 7) is 3.58. The van der Waals surface area contributed by atoms with E-state index < -0.39 is 24.5 Å². The van der Waals surface area contributed by atoms with E-state index in [1.165, 1.54) is 16.1 Å². The molecule has 0 aliphatic heterocycles. The summed E-state index contributed by atoms with van der Waals surface area (Å²) in [6, 6.07) is 6.37. The van der Waals surface area contributed by atoms with Crippen LogP contribution in [0.5, 0.6) is 0 Å². The van der Waals surface area contributed by atoms with Crippen LogP contribution < -0.4 is 3.58 Å². The fourth-order valence-electron chi connectivity index (χ4n) is 2.03. The van der Waals surface area contributed by atoms with Gasteiger partial charge in [0, 0.05) is 0 Å². The molecule has 1 atom stereocenters. The third-order valence-corrected chi connectivity index (χ3v) is 8.88. The molecule has 1 heterocycles. The van der Waals surface area contributed by atoms with Crippen LogP contribution in [0, 0.1) is 6.92 Å². The average Bonchev–Trinajstić information content (AvgIpc) is 2.77. The molecule has 0 bridgehead atoms. The van der Waals surface area contributed by atoms with Gasteiger partial charge in [0.1, 0.15) is 0 Å². The molecule has 0 aliphatic rings. The Kier molecular flexibility index (Phi) is 3.99. The van der Waals surface area contributed by atoms with E-state index in [1.807, 2.05) is 0 Å². The van der Waals surface area contributed by atoms with Crippen LogP contribution in [0.4, 0.5) is 4.39 Å². The van der Waals surface area contributed by atoms with Gasteiger partial charge in [-0.15, -0.1) is 0 Å². The third-order valence-electron chi connectivity index (χ3n) is 3.13. The van der Waals surface area contributed by atoms with E-state index in [0.29, 0.717) is 5.69 Å². The van der Waals surface area contributed by atoms with Gasteiger partial charge in [0.05, 0.1) is 0 Å². The number of hydrogen-bond acceptors (Lipinski definition) is 2. The SMILES string of the molecule is Cc1ccc(-n2cc(C(C)F)nn2)[c]([Sn]([CH3])([CH3])[CH3])c1. The minimum atomic E-state index is -2.25. The van der Waals surface area contributed by atoms with Crippen molar-refractivity contribution in [3.63, 3.8) is 0 Å². The van der Waals surface area contributed by atoms with Crippen LogP contribution in [0.25, 0.3) is 5.69 Å². The normalized spacial score (nSPS) is 13.6. The molecule has 1 unspecified atom stereocenters. The van der Waals surface area contributed by atoms with Crippen LogP contribution in [-0.4, -0.2) is 33.4 Å². The Morgan fingerprint density at radius 3 is 2.47 bits per heavy atom. The van der Waals surface area contributed by atoms with E-state index in [2.05, 4.69) is 50.3 Å². The summed E-state index contributed by atoms with van der Waals surface area (Å²) in [5.41, 5.74) is 2.69. The molecule has 0 radical (unpaired) electrons. The van der Waals surface area contributed by atoms with Crippen molar-refractivity contribution in [3.05, 3.63) is 35.7 Å². The zero-order chi connectivity index (χ0) is 14.2. The predicted molar refractivity (Wildman–Crippen MR) is 78.6 cm³/mol. The fraction of sp³-hybridized carbons (Fsp3) is 0.429. The molecule has 0 amide bonds. The van der Waals surface area contributed by atoms with E-state index >= 15 is 0 Å². The monoisotopic (exact) mass is 369 g/mol. The van der Waals surface area contributed by atoms with E-state index in [1.54, 1.807) is 10.9 Å². The molecule has 0 fully saturated rings. The van der Waals surface area contributed by atoms with Crippen molar-refractivity contribution in [1.82, 2.24) is 15.0 Å². The molecule has 2 aromatic rings. The van der Waals surface area contributed by atoms with Crippen LogP contribution >= 0.6 is 0 Å². The number of aromatic nitrogens is 3. The van der Waals surface area contributed by atoms with Crippen molar-refractivity contribution in [2.75, 3.05) is 0 Å². The quantitative estimate of drug-likeness (QED) is 0.780. The van der Waals surface area contributed by atoms with Gasteiger partial charge in [-0.05, 0) is 0 Å². The van der Waals surface area contributed by atoms with Gasteiger partial charge >= 0.3 is 118 Å². The van der Waals surface area contributed by atoms with Crippen molar-refractivity contribution in [2.45, 2.75) is 34.8 Å². The maximum absolute atomic E-state index is 13.3. The summed E-state index contributed by atoms with van der Waals surface area (Å²) >= 11 is -2.25. The first-order valence-electron chi connectivity index (χ1n) is 6.47. The molecule has 19 heavy (non-hydrogen) atoms. The Bertz CT molecular complexity index is 585. The molecule has 3 nitrogen and oxygen atoms in total. The summed E-state index contributed by atoms with van der Waals surface area (Å²) in [5, 5.41) is 7.97. The zero-order valence-electron chi connectivity index (χ0n) is 12.1. The van der Waals surface area contributed by atoms with Crippen LogP contribution in [0.3, 0.4) is 0 Å². The molecular weight excluding hydrogens is 348 g/mol. The molecule has 1 aromatic carbocycles. The summed E-state index contributed by atoms with van der Waals surface area (Å²) in [5.74, 6) is 0. The van der Waals surface area contributed by atoms with Crippen molar-refractivity contribution >= 4 is 22.0 Å². The summed E-state index contributed by atoms with van der Waals surface area (Å²) in [7, 11) is 0. The Morgan fingerprint density at radius 1 is 1.26 bits per heavy atom. The molecule has 1 aromatic heterocycles. The molecule has 102 valence electrons. The van der Waals surface area contributed by atoms with Crippen molar-refractivity contribution in [3.8, 4) is 5.69 Å². The maximum atomic E-state index is 13.3. The molecule has 0 spiro atoms. The van der Waals surface area contributed by atoms with E-state index in [9.17, 15) is 4.39 Å². The van der Waals surface area contributed by atoms with Gasteiger partial charge in [0.2, 0.25) is 0 Å². The van der Waals surface area contributed by atoms with Crippen molar-refractivity contribution in [2.24, 2.45) is 0 Å². The van der Waals surface area contributed by atoms with Gasteiger partial charge in [-0.3, -0.25) is 0 Å². The molecule has 0 saturated heterocycles. The molecule has 0 aliphatic carbocycles. The molecular formula is C14H20FN3Sn. The van der Waals surface area contributed by atoms with Gasteiger partial charge in [0.15, 0.2) is 0 Å². The van der Waals surface area contributed by atoms with Crippen molar-refractivity contribution in [1.29, 1.82) is 0 Å². The van der Waals surface area contributed by atoms with E-state index in [0.717, 1.165) is 5.69 Å².